The van der Waals surface area contributed by atoms with Crippen molar-refractivity contribution in [3.63, 3.8) is 0 Å². The first-order valence-corrected chi connectivity index (χ1v) is 9.25. The monoisotopic (exact) mass is 410 g/mol. The van der Waals surface area contributed by atoms with Crippen LogP contribution in [0.2, 0.25) is 0 Å². The molecular weight excluding hydrogens is 393 g/mol. The SMILES string of the molecule is O=C(NCCNc1ccc(C(F)(F)F)cn1)c1cc2ccccc2c2cccnc12. The largest absolute Gasteiger partial charge is 0.417 e. The molecule has 5 nitrogen and oxygen atoms in total. The minimum Gasteiger partial charge on any atom is -0.368 e. The predicted octanol–water partition coefficient (Wildman–Crippen LogP) is 4.64. The first kappa shape index (κ1) is 19.6. The Hall–Kier alpha value is -3.68. The summed E-state index contributed by atoms with van der Waals surface area (Å²) in [7, 11) is 0. The van der Waals surface area contributed by atoms with Crippen molar-refractivity contribution in [3.05, 3.63) is 78.1 Å². The molecule has 0 aliphatic carbocycles. The molecule has 2 N–H and O–H groups in total. The molecule has 0 fully saturated rings. The van der Waals surface area contributed by atoms with Gasteiger partial charge in [0.15, 0.2) is 0 Å². The number of anilines is 1. The highest BCUT2D eigenvalue weighted by Crippen LogP contribution is 2.29. The minimum atomic E-state index is -4.42. The Bertz CT molecular complexity index is 1210. The van der Waals surface area contributed by atoms with E-state index in [2.05, 4.69) is 20.6 Å². The maximum absolute atomic E-state index is 12.7. The summed E-state index contributed by atoms with van der Waals surface area (Å²) in [6, 6.07) is 15.6. The van der Waals surface area contributed by atoms with Crippen molar-refractivity contribution in [2.24, 2.45) is 0 Å². The molecule has 0 bridgehead atoms. The van der Waals surface area contributed by atoms with E-state index < -0.39 is 11.7 Å². The predicted molar refractivity (Wildman–Crippen MR) is 109 cm³/mol. The number of rotatable bonds is 5. The second kappa shape index (κ2) is 7.98. The van der Waals surface area contributed by atoms with E-state index in [1.165, 1.54) is 6.07 Å². The van der Waals surface area contributed by atoms with E-state index in [-0.39, 0.29) is 12.5 Å². The average Bonchev–Trinajstić information content (AvgIpc) is 2.75. The fraction of sp³-hybridized carbons (Fsp3) is 0.136. The lowest BCUT2D eigenvalue weighted by Crippen LogP contribution is -2.29. The molecule has 2 aromatic carbocycles. The number of pyridine rings is 2. The molecule has 4 rings (SSSR count). The molecule has 0 aliphatic heterocycles. The standard InChI is InChI=1S/C22H17F3N4O/c23-22(24,25)15-7-8-19(29-13-15)26-10-11-28-21(30)18-12-14-4-1-2-5-16(14)17-6-3-9-27-20(17)18/h1-9,12-13H,10-11H2,(H,26,29)(H,28,30). The van der Waals surface area contributed by atoms with Crippen LogP contribution in [0.1, 0.15) is 15.9 Å². The summed E-state index contributed by atoms with van der Waals surface area (Å²) in [5.74, 6) is 0.0294. The second-order valence-corrected chi connectivity index (χ2v) is 6.66. The Morgan fingerprint density at radius 3 is 2.50 bits per heavy atom. The highest BCUT2D eigenvalue weighted by atomic mass is 19.4. The van der Waals surface area contributed by atoms with Crippen LogP contribution in [0.25, 0.3) is 21.7 Å². The zero-order chi connectivity index (χ0) is 21.1. The van der Waals surface area contributed by atoms with Gasteiger partial charge in [-0.1, -0.05) is 30.3 Å². The number of benzene rings is 2. The summed E-state index contributed by atoms with van der Waals surface area (Å²) >= 11 is 0. The normalized spacial score (nSPS) is 11.6. The fourth-order valence-electron chi connectivity index (χ4n) is 3.23. The smallest absolute Gasteiger partial charge is 0.368 e. The Kier molecular flexibility index (Phi) is 5.22. The number of halogens is 3. The van der Waals surface area contributed by atoms with Gasteiger partial charge in [0.1, 0.15) is 5.82 Å². The molecule has 30 heavy (non-hydrogen) atoms. The van der Waals surface area contributed by atoms with Gasteiger partial charge < -0.3 is 10.6 Å². The van der Waals surface area contributed by atoms with Gasteiger partial charge in [-0.3, -0.25) is 9.78 Å². The Morgan fingerprint density at radius 2 is 1.73 bits per heavy atom. The van der Waals surface area contributed by atoms with Gasteiger partial charge in [0.05, 0.1) is 16.6 Å². The number of aromatic nitrogens is 2. The van der Waals surface area contributed by atoms with Crippen LogP contribution in [0, 0.1) is 0 Å². The number of amides is 1. The number of fused-ring (bicyclic) bond motifs is 3. The van der Waals surface area contributed by atoms with Gasteiger partial charge in [-0.05, 0) is 35.0 Å². The number of alkyl halides is 3. The summed E-state index contributed by atoms with van der Waals surface area (Å²) in [6.45, 7) is 0.575. The Balaban J connectivity index is 1.44. The summed E-state index contributed by atoms with van der Waals surface area (Å²) in [5.41, 5.74) is 0.278. The van der Waals surface area contributed by atoms with Crippen molar-refractivity contribution in [2.45, 2.75) is 6.18 Å². The first-order chi connectivity index (χ1) is 14.4. The molecule has 0 aliphatic rings. The quantitative estimate of drug-likeness (QED) is 0.372. The van der Waals surface area contributed by atoms with Crippen molar-refractivity contribution >= 4 is 33.4 Å². The Labute approximate surface area is 170 Å². The third kappa shape index (κ3) is 4.03. The maximum Gasteiger partial charge on any atom is 0.417 e. The summed E-state index contributed by atoms with van der Waals surface area (Å²) in [6.07, 6.45) is -2.00. The molecule has 4 aromatic rings. The van der Waals surface area contributed by atoms with E-state index in [1.54, 1.807) is 6.20 Å². The van der Waals surface area contributed by atoms with Crippen molar-refractivity contribution in [2.75, 3.05) is 18.4 Å². The highest BCUT2D eigenvalue weighted by Gasteiger charge is 2.30. The third-order valence-corrected chi connectivity index (χ3v) is 4.67. The molecule has 0 atom stereocenters. The molecule has 2 heterocycles. The molecule has 0 radical (unpaired) electrons. The lowest BCUT2D eigenvalue weighted by molar-refractivity contribution is -0.137. The van der Waals surface area contributed by atoms with E-state index in [0.717, 1.165) is 28.4 Å². The van der Waals surface area contributed by atoms with E-state index in [9.17, 15) is 18.0 Å². The molecule has 8 heteroatoms. The minimum absolute atomic E-state index is 0.267. The van der Waals surface area contributed by atoms with Crippen LogP contribution in [0.3, 0.4) is 0 Å². The van der Waals surface area contributed by atoms with Crippen LogP contribution in [0.15, 0.2) is 67.0 Å². The topological polar surface area (TPSA) is 66.9 Å². The van der Waals surface area contributed by atoms with Crippen LogP contribution in [0.4, 0.5) is 19.0 Å². The Morgan fingerprint density at radius 1 is 0.933 bits per heavy atom. The van der Waals surface area contributed by atoms with Gasteiger partial charge in [-0.15, -0.1) is 0 Å². The summed E-state index contributed by atoms with van der Waals surface area (Å²) in [5, 5.41) is 8.56. The van der Waals surface area contributed by atoms with Gasteiger partial charge in [0.25, 0.3) is 5.91 Å². The number of hydrogen-bond donors (Lipinski definition) is 2. The van der Waals surface area contributed by atoms with Gasteiger partial charge >= 0.3 is 6.18 Å². The number of nitrogens with zero attached hydrogens (tertiary/aromatic N) is 2. The van der Waals surface area contributed by atoms with E-state index in [1.807, 2.05) is 42.5 Å². The van der Waals surface area contributed by atoms with Crippen molar-refractivity contribution < 1.29 is 18.0 Å². The molecule has 0 spiro atoms. The zero-order valence-electron chi connectivity index (χ0n) is 15.7. The number of hydrogen-bond acceptors (Lipinski definition) is 4. The molecule has 2 aromatic heterocycles. The third-order valence-electron chi connectivity index (χ3n) is 4.67. The summed E-state index contributed by atoms with van der Waals surface area (Å²) < 4.78 is 37.7. The summed E-state index contributed by atoms with van der Waals surface area (Å²) in [4.78, 5) is 20.9. The molecule has 0 saturated heterocycles. The molecular formula is C22H17F3N4O. The molecule has 152 valence electrons. The van der Waals surface area contributed by atoms with Crippen LogP contribution in [-0.2, 0) is 6.18 Å². The van der Waals surface area contributed by atoms with Gasteiger partial charge in [0, 0.05) is 30.9 Å². The molecule has 0 unspecified atom stereocenters. The van der Waals surface area contributed by atoms with Crippen LogP contribution in [0.5, 0.6) is 0 Å². The van der Waals surface area contributed by atoms with Gasteiger partial charge in [-0.2, -0.15) is 13.2 Å². The number of carbonyl (C=O) groups excluding carboxylic acids is 1. The van der Waals surface area contributed by atoms with Crippen molar-refractivity contribution in [3.8, 4) is 0 Å². The van der Waals surface area contributed by atoms with E-state index in [0.29, 0.717) is 23.4 Å². The lowest BCUT2D eigenvalue weighted by atomic mass is 10.0. The fourth-order valence-corrected chi connectivity index (χ4v) is 3.23. The second-order valence-electron chi connectivity index (χ2n) is 6.66. The number of carbonyl (C=O) groups is 1. The zero-order valence-corrected chi connectivity index (χ0v) is 15.7. The molecule has 1 amide bonds. The average molecular weight is 410 g/mol. The van der Waals surface area contributed by atoms with Crippen molar-refractivity contribution in [1.29, 1.82) is 0 Å². The van der Waals surface area contributed by atoms with Gasteiger partial charge in [0.2, 0.25) is 0 Å². The van der Waals surface area contributed by atoms with Crippen LogP contribution in [-0.4, -0.2) is 29.0 Å². The van der Waals surface area contributed by atoms with Gasteiger partial charge in [-0.25, -0.2) is 4.98 Å². The van der Waals surface area contributed by atoms with Crippen LogP contribution >= 0.6 is 0 Å². The van der Waals surface area contributed by atoms with Crippen LogP contribution < -0.4 is 10.6 Å². The van der Waals surface area contributed by atoms with Crippen molar-refractivity contribution in [1.82, 2.24) is 15.3 Å². The lowest BCUT2D eigenvalue weighted by Gasteiger charge is -2.11. The first-order valence-electron chi connectivity index (χ1n) is 9.25. The maximum atomic E-state index is 12.7. The molecule has 0 saturated carbocycles. The van der Waals surface area contributed by atoms with E-state index in [4.69, 9.17) is 0 Å². The van der Waals surface area contributed by atoms with E-state index >= 15 is 0 Å². The number of nitrogens with one attached hydrogen (secondary N) is 2. The highest BCUT2D eigenvalue weighted by molar-refractivity contribution is 6.15.